The summed E-state index contributed by atoms with van der Waals surface area (Å²) in [5.41, 5.74) is 9.80. The molecular weight excluding hydrogens is 399 g/mol. The first-order valence-electron chi connectivity index (χ1n) is 8.35. The van der Waals surface area contributed by atoms with Crippen molar-refractivity contribution in [3.63, 3.8) is 0 Å². The molecule has 0 saturated heterocycles. The smallest absolute Gasteiger partial charge is 0.188 e. The molecule has 23 heavy (non-hydrogen) atoms. The van der Waals surface area contributed by atoms with Crippen LogP contribution in [0.15, 0.2) is 29.4 Å². The van der Waals surface area contributed by atoms with Crippen molar-refractivity contribution in [3.8, 4) is 0 Å². The van der Waals surface area contributed by atoms with Crippen LogP contribution in [0.5, 0.6) is 0 Å². The average Bonchev–Trinajstić information content (AvgIpc) is 2.90. The minimum atomic E-state index is 0. The zero-order valence-corrected chi connectivity index (χ0v) is 16.1. The minimum absolute atomic E-state index is 0. The van der Waals surface area contributed by atoms with E-state index in [1.54, 1.807) is 0 Å². The number of aryl methyl sites for hydroxylation is 1. The van der Waals surface area contributed by atoms with Crippen LogP contribution < -0.4 is 11.1 Å². The number of benzene rings is 1. The van der Waals surface area contributed by atoms with Crippen molar-refractivity contribution in [3.05, 3.63) is 35.5 Å². The molecule has 1 aliphatic carbocycles. The highest BCUT2D eigenvalue weighted by atomic mass is 127. The van der Waals surface area contributed by atoms with E-state index in [1.165, 1.54) is 54.1 Å². The number of nitrogens with one attached hydrogen (secondary N) is 2. The van der Waals surface area contributed by atoms with E-state index in [0.29, 0.717) is 12.0 Å². The Labute approximate surface area is 155 Å². The molecule has 0 atom stereocenters. The van der Waals surface area contributed by atoms with Gasteiger partial charge in [0.05, 0.1) is 0 Å². The van der Waals surface area contributed by atoms with Gasteiger partial charge in [-0.3, -0.25) is 4.99 Å². The predicted octanol–water partition coefficient (Wildman–Crippen LogP) is 3.87. The zero-order chi connectivity index (χ0) is 15.4. The van der Waals surface area contributed by atoms with E-state index in [2.05, 4.69) is 46.6 Å². The monoisotopic (exact) mass is 426 g/mol. The predicted molar refractivity (Wildman–Crippen MR) is 109 cm³/mol. The van der Waals surface area contributed by atoms with E-state index in [9.17, 15) is 0 Å². The van der Waals surface area contributed by atoms with Crippen molar-refractivity contribution < 1.29 is 0 Å². The fourth-order valence-corrected chi connectivity index (χ4v) is 3.31. The van der Waals surface area contributed by atoms with Crippen molar-refractivity contribution in [1.82, 2.24) is 10.3 Å². The third-order valence-electron chi connectivity index (χ3n) is 4.54. The van der Waals surface area contributed by atoms with Gasteiger partial charge >= 0.3 is 0 Å². The molecule has 0 unspecified atom stereocenters. The molecule has 1 heterocycles. The molecule has 5 heteroatoms. The van der Waals surface area contributed by atoms with Crippen LogP contribution in [-0.4, -0.2) is 23.5 Å². The molecule has 0 radical (unpaired) electrons. The lowest BCUT2D eigenvalue weighted by Gasteiger charge is -2.23. The van der Waals surface area contributed by atoms with Crippen LogP contribution in [0, 0.1) is 6.92 Å². The van der Waals surface area contributed by atoms with E-state index >= 15 is 0 Å². The normalized spacial score (nSPS) is 16.3. The first-order valence-corrected chi connectivity index (χ1v) is 8.35. The van der Waals surface area contributed by atoms with Gasteiger partial charge in [0.15, 0.2) is 5.96 Å². The summed E-state index contributed by atoms with van der Waals surface area (Å²) in [6, 6.07) is 7.04. The van der Waals surface area contributed by atoms with Crippen molar-refractivity contribution in [2.45, 2.75) is 51.5 Å². The third-order valence-corrected chi connectivity index (χ3v) is 4.54. The molecule has 4 N–H and O–H groups in total. The summed E-state index contributed by atoms with van der Waals surface area (Å²) in [6.45, 7) is 2.84. The van der Waals surface area contributed by atoms with E-state index in [1.807, 2.05) is 0 Å². The molecular formula is C18H27IN4. The van der Waals surface area contributed by atoms with E-state index in [-0.39, 0.29) is 24.0 Å². The Kier molecular flexibility index (Phi) is 6.74. The standard InChI is InChI=1S/C18H26N4.HI/c1-13-7-8-16-14(12-21-17(16)11-13)9-10-20-18(19)22-15-5-3-2-4-6-15;/h7-8,11-12,15,21H,2-6,9-10H2,1H3,(H3,19,20,22);1H. The number of rotatable bonds is 4. The number of aromatic amines is 1. The Balaban J connectivity index is 0.00000192. The number of aliphatic imine (C=N–C) groups is 1. The largest absolute Gasteiger partial charge is 0.370 e. The molecule has 0 aliphatic heterocycles. The molecule has 0 spiro atoms. The number of guanidine groups is 1. The average molecular weight is 426 g/mol. The molecule has 0 bridgehead atoms. The van der Waals surface area contributed by atoms with Crippen molar-refractivity contribution in [2.24, 2.45) is 10.7 Å². The summed E-state index contributed by atoms with van der Waals surface area (Å²) in [7, 11) is 0. The Morgan fingerprint density at radius 2 is 2.09 bits per heavy atom. The first-order chi connectivity index (χ1) is 10.7. The van der Waals surface area contributed by atoms with Gasteiger partial charge in [-0.2, -0.15) is 0 Å². The fraction of sp³-hybridized carbons (Fsp3) is 0.500. The highest BCUT2D eigenvalue weighted by Gasteiger charge is 2.13. The molecule has 1 fully saturated rings. The number of fused-ring (bicyclic) bond motifs is 1. The van der Waals surface area contributed by atoms with Crippen LogP contribution in [0.4, 0.5) is 0 Å². The SMILES string of the molecule is Cc1ccc2c(CCN=C(N)NC3CCCCC3)c[nH]c2c1.I. The first kappa shape index (κ1) is 18.1. The Morgan fingerprint density at radius 1 is 1.30 bits per heavy atom. The van der Waals surface area contributed by atoms with Crippen LogP contribution in [0.1, 0.15) is 43.2 Å². The number of hydrogen-bond acceptors (Lipinski definition) is 1. The van der Waals surface area contributed by atoms with E-state index in [0.717, 1.165) is 13.0 Å². The minimum Gasteiger partial charge on any atom is -0.370 e. The maximum absolute atomic E-state index is 6.01. The summed E-state index contributed by atoms with van der Waals surface area (Å²) >= 11 is 0. The number of H-pyrrole nitrogens is 1. The fourth-order valence-electron chi connectivity index (χ4n) is 3.31. The Bertz CT molecular complexity index is 656. The topological polar surface area (TPSA) is 66.2 Å². The van der Waals surface area contributed by atoms with Gasteiger partial charge in [0.2, 0.25) is 0 Å². The summed E-state index contributed by atoms with van der Waals surface area (Å²) in [4.78, 5) is 7.82. The molecule has 1 aliphatic rings. The number of aromatic nitrogens is 1. The van der Waals surface area contributed by atoms with Crippen molar-refractivity contribution in [1.29, 1.82) is 0 Å². The van der Waals surface area contributed by atoms with Crippen LogP contribution >= 0.6 is 24.0 Å². The second kappa shape index (κ2) is 8.57. The molecule has 4 nitrogen and oxygen atoms in total. The van der Waals surface area contributed by atoms with Crippen LogP contribution in [-0.2, 0) is 6.42 Å². The molecule has 1 aromatic heterocycles. The second-order valence-corrected chi connectivity index (χ2v) is 6.36. The number of hydrogen-bond donors (Lipinski definition) is 3. The highest BCUT2D eigenvalue weighted by Crippen LogP contribution is 2.20. The van der Waals surface area contributed by atoms with Gasteiger partial charge in [-0.25, -0.2) is 0 Å². The molecule has 1 aromatic carbocycles. The van der Waals surface area contributed by atoms with Crippen LogP contribution in [0.25, 0.3) is 10.9 Å². The zero-order valence-electron chi connectivity index (χ0n) is 13.8. The van der Waals surface area contributed by atoms with Crippen molar-refractivity contribution in [2.75, 3.05) is 6.54 Å². The summed E-state index contributed by atoms with van der Waals surface area (Å²) in [5.74, 6) is 0.600. The molecule has 0 amide bonds. The third kappa shape index (κ3) is 4.86. The molecule has 2 aromatic rings. The summed E-state index contributed by atoms with van der Waals surface area (Å²) in [6.07, 6.45) is 9.41. The maximum Gasteiger partial charge on any atom is 0.188 e. The van der Waals surface area contributed by atoms with Crippen LogP contribution in [0.2, 0.25) is 0 Å². The molecule has 3 rings (SSSR count). The number of nitrogens with zero attached hydrogens (tertiary/aromatic N) is 1. The van der Waals surface area contributed by atoms with Gasteiger partial charge in [0, 0.05) is 29.7 Å². The quantitative estimate of drug-likeness (QED) is 0.395. The van der Waals surface area contributed by atoms with E-state index < -0.39 is 0 Å². The molecule has 1 saturated carbocycles. The van der Waals surface area contributed by atoms with Gasteiger partial charge in [-0.05, 0) is 43.4 Å². The van der Waals surface area contributed by atoms with Gasteiger partial charge < -0.3 is 16.0 Å². The lowest BCUT2D eigenvalue weighted by molar-refractivity contribution is 0.412. The van der Waals surface area contributed by atoms with Crippen LogP contribution in [0.3, 0.4) is 0 Å². The number of nitrogens with two attached hydrogens (primary N) is 1. The van der Waals surface area contributed by atoms with Gasteiger partial charge in [0.25, 0.3) is 0 Å². The van der Waals surface area contributed by atoms with Gasteiger partial charge in [0.1, 0.15) is 0 Å². The highest BCUT2D eigenvalue weighted by molar-refractivity contribution is 14.0. The maximum atomic E-state index is 6.01. The van der Waals surface area contributed by atoms with Crippen molar-refractivity contribution >= 4 is 40.8 Å². The van der Waals surface area contributed by atoms with Gasteiger partial charge in [-0.1, -0.05) is 31.4 Å². The number of halogens is 1. The Hall–Kier alpha value is -1.24. The molecule has 126 valence electrons. The van der Waals surface area contributed by atoms with E-state index in [4.69, 9.17) is 5.73 Å². The lowest BCUT2D eigenvalue weighted by Crippen LogP contribution is -2.41. The Morgan fingerprint density at radius 3 is 2.87 bits per heavy atom. The lowest BCUT2D eigenvalue weighted by atomic mass is 9.96. The summed E-state index contributed by atoms with van der Waals surface area (Å²) in [5, 5.41) is 4.65. The summed E-state index contributed by atoms with van der Waals surface area (Å²) < 4.78 is 0. The van der Waals surface area contributed by atoms with Gasteiger partial charge in [-0.15, -0.1) is 24.0 Å². The second-order valence-electron chi connectivity index (χ2n) is 6.36.